The molecule has 1 heterocycles. The van der Waals surface area contributed by atoms with Crippen LogP contribution in [0.15, 0.2) is 53.9 Å². The molecular weight excluding hydrogens is 318 g/mol. The molecule has 3 aromatic rings. The Kier molecular flexibility index (Phi) is 4.86. The number of hydrogen-bond donors (Lipinski definition) is 0. The number of fused-ring (bicyclic) bond motifs is 1. The highest BCUT2D eigenvalue weighted by Gasteiger charge is 2.23. The first-order valence-corrected chi connectivity index (χ1v) is 8.94. The van der Waals surface area contributed by atoms with Crippen molar-refractivity contribution < 1.29 is 9.53 Å². The standard InChI is InChI=1S/C20H21NO2S/c1-4-21(14(2)15-8-7-9-16(12-15)23-3)20(22)18-13-24-19-11-6-5-10-17(18)19/h5-14H,4H2,1-3H3. The molecule has 0 N–H and O–H groups in total. The van der Waals surface area contributed by atoms with Gasteiger partial charge in [0.2, 0.25) is 0 Å². The van der Waals surface area contributed by atoms with Crippen molar-refractivity contribution in [3.05, 3.63) is 65.0 Å². The van der Waals surface area contributed by atoms with E-state index in [4.69, 9.17) is 4.74 Å². The van der Waals surface area contributed by atoms with E-state index < -0.39 is 0 Å². The van der Waals surface area contributed by atoms with E-state index in [2.05, 4.69) is 13.0 Å². The molecule has 3 nitrogen and oxygen atoms in total. The Balaban J connectivity index is 1.94. The maximum atomic E-state index is 13.1. The SMILES string of the molecule is CCN(C(=O)c1csc2ccccc12)C(C)c1cccc(OC)c1. The number of ether oxygens (including phenoxy) is 1. The van der Waals surface area contributed by atoms with Gasteiger partial charge in [0.05, 0.1) is 18.7 Å². The Morgan fingerprint density at radius 1 is 1.21 bits per heavy atom. The zero-order valence-electron chi connectivity index (χ0n) is 14.2. The van der Waals surface area contributed by atoms with Crippen LogP contribution in [0.2, 0.25) is 0 Å². The van der Waals surface area contributed by atoms with Gasteiger partial charge in [-0.25, -0.2) is 0 Å². The quantitative estimate of drug-likeness (QED) is 0.644. The van der Waals surface area contributed by atoms with Crippen LogP contribution >= 0.6 is 11.3 Å². The first kappa shape index (κ1) is 16.5. The number of hydrogen-bond acceptors (Lipinski definition) is 3. The highest BCUT2D eigenvalue weighted by Crippen LogP contribution is 2.30. The summed E-state index contributed by atoms with van der Waals surface area (Å²) in [6, 6.07) is 15.9. The molecule has 0 bridgehead atoms. The number of nitrogens with zero attached hydrogens (tertiary/aromatic N) is 1. The first-order valence-electron chi connectivity index (χ1n) is 8.06. The second kappa shape index (κ2) is 7.05. The molecule has 0 aliphatic rings. The molecule has 1 unspecified atom stereocenters. The summed E-state index contributed by atoms with van der Waals surface area (Å²) in [5.74, 6) is 0.883. The number of thiophene rings is 1. The lowest BCUT2D eigenvalue weighted by Gasteiger charge is -2.28. The summed E-state index contributed by atoms with van der Waals surface area (Å²) < 4.78 is 6.45. The van der Waals surface area contributed by atoms with Gasteiger partial charge in [0, 0.05) is 22.0 Å². The number of carbonyl (C=O) groups is 1. The normalized spacial score (nSPS) is 12.1. The minimum Gasteiger partial charge on any atom is -0.497 e. The Morgan fingerprint density at radius 2 is 2.00 bits per heavy atom. The lowest BCUT2D eigenvalue weighted by Crippen LogP contribution is -2.33. The summed E-state index contributed by atoms with van der Waals surface area (Å²) in [5.41, 5.74) is 1.86. The van der Waals surface area contributed by atoms with Gasteiger partial charge in [-0.3, -0.25) is 4.79 Å². The summed E-state index contributed by atoms with van der Waals surface area (Å²) in [4.78, 5) is 15.0. The highest BCUT2D eigenvalue weighted by atomic mass is 32.1. The number of benzene rings is 2. The van der Waals surface area contributed by atoms with E-state index in [1.165, 1.54) is 0 Å². The molecule has 0 radical (unpaired) electrons. The first-order chi connectivity index (χ1) is 11.7. The van der Waals surface area contributed by atoms with E-state index in [0.717, 1.165) is 27.0 Å². The van der Waals surface area contributed by atoms with Crippen LogP contribution in [0.1, 0.15) is 35.8 Å². The molecule has 0 spiro atoms. The predicted molar refractivity (Wildman–Crippen MR) is 99.9 cm³/mol. The topological polar surface area (TPSA) is 29.5 Å². The lowest BCUT2D eigenvalue weighted by molar-refractivity contribution is 0.0704. The molecule has 0 aliphatic carbocycles. The number of rotatable bonds is 5. The zero-order chi connectivity index (χ0) is 17.1. The molecule has 0 fully saturated rings. The van der Waals surface area contributed by atoms with Crippen LogP contribution in [-0.2, 0) is 0 Å². The fraction of sp³-hybridized carbons (Fsp3) is 0.250. The lowest BCUT2D eigenvalue weighted by atomic mass is 10.0. The van der Waals surface area contributed by atoms with Gasteiger partial charge in [-0.2, -0.15) is 0 Å². The van der Waals surface area contributed by atoms with Crippen molar-refractivity contribution in [1.29, 1.82) is 0 Å². The van der Waals surface area contributed by atoms with Gasteiger partial charge in [0.1, 0.15) is 5.75 Å². The van der Waals surface area contributed by atoms with E-state index in [-0.39, 0.29) is 11.9 Å². The van der Waals surface area contributed by atoms with Crippen LogP contribution in [-0.4, -0.2) is 24.5 Å². The Hall–Kier alpha value is -2.33. The van der Waals surface area contributed by atoms with E-state index >= 15 is 0 Å². The van der Waals surface area contributed by atoms with Crippen LogP contribution in [0.4, 0.5) is 0 Å². The highest BCUT2D eigenvalue weighted by molar-refractivity contribution is 7.17. The van der Waals surface area contributed by atoms with Crippen molar-refractivity contribution in [3.8, 4) is 5.75 Å². The maximum Gasteiger partial charge on any atom is 0.255 e. The molecule has 1 amide bonds. The Labute approximate surface area is 146 Å². The summed E-state index contributed by atoms with van der Waals surface area (Å²) in [6.07, 6.45) is 0. The summed E-state index contributed by atoms with van der Waals surface area (Å²) in [7, 11) is 1.66. The largest absolute Gasteiger partial charge is 0.497 e. The molecule has 4 heteroatoms. The predicted octanol–water partition coefficient (Wildman–Crippen LogP) is 5.13. The average Bonchev–Trinajstić information content (AvgIpc) is 3.06. The fourth-order valence-electron chi connectivity index (χ4n) is 2.97. The van der Waals surface area contributed by atoms with Gasteiger partial charge in [0.25, 0.3) is 5.91 Å². The summed E-state index contributed by atoms with van der Waals surface area (Å²) in [5, 5.41) is 3.00. The van der Waals surface area contributed by atoms with Crippen LogP contribution in [0.25, 0.3) is 10.1 Å². The number of methoxy groups -OCH3 is 1. The molecule has 24 heavy (non-hydrogen) atoms. The van der Waals surface area contributed by atoms with Gasteiger partial charge in [-0.15, -0.1) is 11.3 Å². The van der Waals surface area contributed by atoms with Crippen LogP contribution < -0.4 is 4.74 Å². The molecule has 3 rings (SSSR count). The maximum absolute atomic E-state index is 13.1. The Morgan fingerprint density at radius 3 is 2.75 bits per heavy atom. The molecule has 124 valence electrons. The van der Waals surface area contributed by atoms with Gasteiger partial charge in [-0.05, 0) is 37.6 Å². The minimum absolute atomic E-state index is 0.0173. The van der Waals surface area contributed by atoms with Gasteiger partial charge in [-0.1, -0.05) is 30.3 Å². The van der Waals surface area contributed by atoms with E-state index in [1.54, 1.807) is 18.4 Å². The van der Waals surface area contributed by atoms with Crippen molar-refractivity contribution in [2.24, 2.45) is 0 Å². The van der Waals surface area contributed by atoms with Gasteiger partial charge in [0.15, 0.2) is 0 Å². The van der Waals surface area contributed by atoms with Gasteiger partial charge >= 0.3 is 0 Å². The van der Waals surface area contributed by atoms with Gasteiger partial charge < -0.3 is 9.64 Å². The fourth-order valence-corrected chi connectivity index (χ4v) is 3.91. The third-order valence-corrected chi connectivity index (χ3v) is 5.32. The third kappa shape index (κ3) is 3.02. The van der Waals surface area contributed by atoms with Crippen LogP contribution in [0.3, 0.4) is 0 Å². The van der Waals surface area contributed by atoms with E-state index in [0.29, 0.717) is 6.54 Å². The van der Waals surface area contributed by atoms with Crippen LogP contribution in [0.5, 0.6) is 5.75 Å². The molecule has 0 saturated carbocycles. The van der Waals surface area contributed by atoms with Crippen molar-refractivity contribution in [2.75, 3.05) is 13.7 Å². The molecule has 0 aliphatic heterocycles. The average molecular weight is 339 g/mol. The van der Waals surface area contributed by atoms with Crippen molar-refractivity contribution in [1.82, 2.24) is 4.90 Å². The minimum atomic E-state index is -0.0173. The number of amides is 1. The molecular formula is C20H21NO2S. The number of carbonyl (C=O) groups excluding carboxylic acids is 1. The van der Waals surface area contributed by atoms with E-state index in [9.17, 15) is 4.79 Å². The van der Waals surface area contributed by atoms with Crippen molar-refractivity contribution in [2.45, 2.75) is 19.9 Å². The molecule has 1 atom stereocenters. The molecule has 1 aromatic heterocycles. The Bertz CT molecular complexity index is 855. The summed E-state index contributed by atoms with van der Waals surface area (Å²) in [6.45, 7) is 4.73. The molecule has 2 aromatic carbocycles. The van der Waals surface area contributed by atoms with E-state index in [1.807, 2.05) is 59.7 Å². The van der Waals surface area contributed by atoms with Crippen molar-refractivity contribution in [3.63, 3.8) is 0 Å². The third-order valence-electron chi connectivity index (χ3n) is 4.36. The summed E-state index contributed by atoms with van der Waals surface area (Å²) >= 11 is 1.62. The second-order valence-electron chi connectivity index (χ2n) is 5.69. The smallest absolute Gasteiger partial charge is 0.255 e. The second-order valence-corrected chi connectivity index (χ2v) is 6.60. The molecule has 0 saturated heterocycles. The monoisotopic (exact) mass is 339 g/mol. The van der Waals surface area contributed by atoms with Crippen LogP contribution in [0, 0.1) is 0 Å². The van der Waals surface area contributed by atoms with Crippen molar-refractivity contribution >= 4 is 27.3 Å². The zero-order valence-corrected chi connectivity index (χ0v) is 15.0.